The number of azo groups is 2. The fraction of sp³-hybridized carbons (Fsp3) is 0.176. The van der Waals surface area contributed by atoms with Crippen molar-refractivity contribution in [1.82, 2.24) is 0 Å². The number of ketones is 2. The highest BCUT2D eigenvalue weighted by molar-refractivity contribution is 6.34. The van der Waals surface area contributed by atoms with Crippen molar-refractivity contribution < 1.29 is 19.2 Å². The summed E-state index contributed by atoms with van der Waals surface area (Å²) in [5, 5.41) is 21.9. The highest BCUT2D eigenvalue weighted by Crippen LogP contribution is 2.35. The standard InChI is InChI=1S/C34H30Cl2N6O4/c1-19-5-11-25(12-6-19)37-33(45)31(21(3)43)41-39-29-15-9-23(17-27(29)35)24-10-16-30(28(36)18-24)40-42-32(22(4)44)34(46)38-26-13-7-20(2)8-14-26/h5-18,31-32H,1-4H3,(H,37,45)(H,38,46)/t31-,32-/m1/s1. The first-order valence-electron chi connectivity index (χ1n) is 14.1. The number of Topliss-reactive ketones (excluding diaryl/α,β-unsaturated/α-hetero) is 2. The van der Waals surface area contributed by atoms with Crippen molar-refractivity contribution >= 4 is 69.3 Å². The van der Waals surface area contributed by atoms with E-state index in [2.05, 4.69) is 31.1 Å². The second kappa shape index (κ2) is 15.3. The zero-order valence-corrected chi connectivity index (χ0v) is 26.9. The summed E-state index contributed by atoms with van der Waals surface area (Å²) in [7, 11) is 0. The van der Waals surface area contributed by atoms with Crippen LogP contribution < -0.4 is 10.6 Å². The molecular weight excluding hydrogens is 627 g/mol. The summed E-state index contributed by atoms with van der Waals surface area (Å²) in [6.45, 7) is 6.37. The van der Waals surface area contributed by atoms with Crippen LogP contribution in [0.25, 0.3) is 11.1 Å². The molecule has 0 aliphatic carbocycles. The maximum atomic E-state index is 12.7. The number of nitrogens with zero attached hydrogens (tertiary/aromatic N) is 4. The fourth-order valence-electron chi connectivity index (χ4n) is 4.11. The molecular formula is C34H30Cl2N6O4. The lowest BCUT2D eigenvalue weighted by Crippen LogP contribution is -2.31. The molecule has 2 N–H and O–H groups in total. The molecule has 4 rings (SSSR count). The Morgan fingerprint density at radius 2 is 0.913 bits per heavy atom. The van der Waals surface area contributed by atoms with Crippen LogP contribution >= 0.6 is 23.2 Å². The molecule has 4 aromatic rings. The minimum absolute atomic E-state index is 0.228. The van der Waals surface area contributed by atoms with Gasteiger partial charge in [-0.15, -0.1) is 0 Å². The highest BCUT2D eigenvalue weighted by atomic mass is 35.5. The topological polar surface area (TPSA) is 142 Å². The molecule has 4 aromatic carbocycles. The first-order valence-corrected chi connectivity index (χ1v) is 14.8. The van der Waals surface area contributed by atoms with Crippen molar-refractivity contribution in [1.29, 1.82) is 0 Å². The third kappa shape index (κ3) is 8.99. The van der Waals surface area contributed by atoms with Crippen LogP contribution in [0.5, 0.6) is 0 Å². The summed E-state index contributed by atoms with van der Waals surface area (Å²) in [6.07, 6.45) is 0. The Morgan fingerprint density at radius 3 is 1.22 bits per heavy atom. The van der Waals surface area contributed by atoms with Crippen LogP contribution in [0.4, 0.5) is 22.7 Å². The molecule has 0 unspecified atom stereocenters. The quantitative estimate of drug-likeness (QED) is 0.123. The number of carbonyl (C=O) groups is 4. The number of benzene rings is 4. The van der Waals surface area contributed by atoms with E-state index in [4.69, 9.17) is 23.2 Å². The van der Waals surface area contributed by atoms with E-state index in [-0.39, 0.29) is 21.4 Å². The SMILES string of the molecule is CC(=O)[C@@H](N=Nc1ccc(-c2ccc(N=N[C@H](C(C)=O)C(=O)Nc3ccc(C)cc3)c(Cl)c2)cc1Cl)C(=O)Nc1ccc(C)cc1. The number of aryl methyl sites for hydroxylation is 2. The summed E-state index contributed by atoms with van der Waals surface area (Å²) < 4.78 is 0. The van der Waals surface area contributed by atoms with Gasteiger partial charge in [0.05, 0.1) is 10.0 Å². The third-order valence-corrected chi connectivity index (χ3v) is 7.30. The lowest BCUT2D eigenvalue weighted by molar-refractivity contribution is -0.127. The average Bonchev–Trinajstić information content (AvgIpc) is 3.00. The summed E-state index contributed by atoms with van der Waals surface area (Å²) in [4.78, 5) is 49.7. The van der Waals surface area contributed by atoms with Gasteiger partial charge in [0.1, 0.15) is 11.4 Å². The van der Waals surface area contributed by atoms with Crippen LogP contribution in [0.2, 0.25) is 10.0 Å². The third-order valence-electron chi connectivity index (χ3n) is 6.70. The maximum absolute atomic E-state index is 12.7. The number of nitrogens with one attached hydrogen (secondary N) is 2. The van der Waals surface area contributed by atoms with Crippen molar-refractivity contribution in [2.75, 3.05) is 10.6 Å². The minimum Gasteiger partial charge on any atom is -0.324 e. The van der Waals surface area contributed by atoms with E-state index in [9.17, 15) is 19.2 Å². The Balaban J connectivity index is 1.46. The lowest BCUT2D eigenvalue weighted by Gasteiger charge is -2.10. The molecule has 0 bridgehead atoms. The van der Waals surface area contributed by atoms with E-state index in [1.165, 1.54) is 13.8 Å². The molecule has 0 fully saturated rings. The molecule has 10 nitrogen and oxygen atoms in total. The predicted octanol–water partition coefficient (Wildman–Crippen LogP) is 8.64. The Bertz CT molecular complexity index is 1700. The monoisotopic (exact) mass is 656 g/mol. The van der Waals surface area contributed by atoms with E-state index in [1.54, 1.807) is 60.7 Å². The van der Waals surface area contributed by atoms with Crippen LogP contribution in [-0.2, 0) is 19.2 Å². The summed E-state index contributed by atoms with van der Waals surface area (Å²) >= 11 is 12.9. The molecule has 0 heterocycles. The van der Waals surface area contributed by atoms with Crippen LogP contribution in [0, 0.1) is 13.8 Å². The van der Waals surface area contributed by atoms with Gasteiger partial charge in [0.2, 0.25) is 12.1 Å². The van der Waals surface area contributed by atoms with Gasteiger partial charge in [-0.25, -0.2) is 0 Å². The molecule has 2 amide bonds. The fourth-order valence-corrected chi connectivity index (χ4v) is 4.54. The molecule has 0 aliphatic heterocycles. The smallest absolute Gasteiger partial charge is 0.258 e. The van der Waals surface area contributed by atoms with E-state index in [1.807, 2.05) is 38.1 Å². The van der Waals surface area contributed by atoms with Gasteiger partial charge in [0.15, 0.2) is 11.6 Å². The first kappa shape index (κ1) is 33.8. The number of hydrogen-bond acceptors (Lipinski definition) is 8. The minimum atomic E-state index is -1.35. The predicted molar refractivity (Wildman–Crippen MR) is 179 cm³/mol. The van der Waals surface area contributed by atoms with Gasteiger partial charge >= 0.3 is 0 Å². The molecule has 0 radical (unpaired) electrons. The summed E-state index contributed by atoms with van der Waals surface area (Å²) in [5.74, 6) is -2.17. The normalized spacial score (nSPS) is 12.6. The number of rotatable bonds is 11. The molecule has 234 valence electrons. The second-order valence-corrected chi connectivity index (χ2v) is 11.3. The Labute approximate surface area is 275 Å². The van der Waals surface area contributed by atoms with Gasteiger partial charge in [-0.1, -0.05) is 70.7 Å². The van der Waals surface area contributed by atoms with Gasteiger partial charge in [0, 0.05) is 11.4 Å². The van der Waals surface area contributed by atoms with Gasteiger partial charge in [-0.2, -0.15) is 20.5 Å². The molecule has 0 saturated heterocycles. The largest absolute Gasteiger partial charge is 0.324 e. The Kier molecular flexibility index (Phi) is 11.2. The number of hydrogen-bond donors (Lipinski definition) is 2. The number of amides is 2. The van der Waals surface area contributed by atoms with E-state index < -0.39 is 35.5 Å². The van der Waals surface area contributed by atoms with Crippen molar-refractivity contribution in [3.05, 3.63) is 106 Å². The van der Waals surface area contributed by atoms with Crippen LogP contribution in [0.3, 0.4) is 0 Å². The van der Waals surface area contributed by atoms with Crippen LogP contribution in [0.1, 0.15) is 25.0 Å². The average molecular weight is 658 g/mol. The maximum Gasteiger partial charge on any atom is 0.258 e. The number of anilines is 2. The highest BCUT2D eigenvalue weighted by Gasteiger charge is 2.24. The van der Waals surface area contributed by atoms with Gasteiger partial charge < -0.3 is 10.6 Å². The van der Waals surface area contributed by atoms with Crippen LogP contribution in [-0.4, -0.2) is 35.5 Å². The van der Waals surface area contributed by atoms with Crippen molar-refractivity contribution in [2.24, 2.45) is 20.5 Å². The van der Waals surface area contributed by atoms with Gasteiger partial charge in [-0.3, -0.25) is 19.2 Å². The zero-order valence-electron chi connectivity index (χ0n) is 25.4. The summed E-state index contributed by atoms with van der Waals surface area (Å²) in [6, 6.07) is 21.5. The Hall–Kier alpha value is -5.06. The van der Waals surface area contributed by atoms with Crippen molar-refractivity contribution in [3.8, 4) is 11.1 Å². The van der Waals surface area contributed by atoms with Crippen LogP contribution in [0.15, 0.2) is 105 Å². The van der Waals surface area contributed by atoms with E-state index in [0.717, 1.165) is 11.1 Å². The van der Waals surface area contributed by atoms with Crippen molar-refractivity contribution in [3.63, 3.8) is 0 Å². The van der Waals surface area contributed by atoms with Gasteiger partial charge in [-0.05, 0) is 87.4 Å². The van der Waals surface area contributed by atoms with E-state index >= 15 is 0 Å². The van der Waals surface area contributed by atoms with E-state index in [0.29, 0.717) is 22.5 Å². The zero-order chi connectivity index (χ0) is 33.4. The number of carbonyl (C=O) groups excluding carboxylic acids is 4. The first-order chi connectivity index (χ1) is 21.9. The summed E-state index contributed by atoms with van der Waals surface area (Å²) in [5.41, 5.74) is 5.02. The molecule has 0 spiro atoms. The Morgan fingerprint density at radius 1 is 0.565 bits per heavy atom. The van der Waals surface area contributed by atoms with Gasteiger partial charge in [0.25, 0.3) is 11.8 Å². The molecule has 0 aliphatic rings. The molecule has 0 saturated carbocycles. The molecule has 12 heteroatoms. The molecule has 2 atom stereocenters. The lowest BCUT2D eigenvalue weighted by atomic mass is 10.0. The second-order valence-electron chi connectivity index (χ2n) is 10.5. The number of halogens is 2. The molecule has 0 aromatic heterocycles. The van der Waals surface area contributed by atoms with Crippen molar-refractivity contribution in [2.45, 2.75) is 39.8 Å². The molecule has 46 heavy (non-hydrogen) atoms.